The van der Waals surface area contributed by atoms with Gasteiger partial charge in [-0.3, -0.25) is 10.1 Å². The van der Waals surface area contributed by atoms with E-state index < -0.39 is 20.5 Å². The third-order valence-corrected chi connectivity index (χ3v) is 5.80. The molecule has 0 aliphatic rings. The van der Waals surface area contributed by atoms with Crippen molar-refractivity contribution in [1.82, 2.24) is 4.72 Å². The quantitative estimate of drug-likeness (QED) is 0.568. The van der Waals surface area contributed by atoms with E-state index in [-0.39, 0.29) is 29.5 Å². The minimum absolute atomic E-state index is 0. The summed E-state index contributed by atoms with van der Waals surface area (Å²) in [6.45, 7) is 7.06. The minimum atomic E-state index is -3.89. The highest BCUT2D eigenvalue weighted by Crippen LogP contribution is 2.27. The Bertz CT molecular complexity index is 665. The second-order valence-electron chi connectivity index (χ2n) is 5.46. The Balaban J connectivity index is 0.00000484. The van der Waals surface area contributed by atoms with Crippen LogP contribution in [0.25, 0.3) is 0 Å². The predicted octanol–water partition coefficient (Wildman–Crippen LogP) is 2.43. The van der Waals surface area contributed by atoms with Gasteiger partial charge in [-0.05, 0) is 38.3 Å². The molecule has 0 aliphatic carbocycles. The van der Waals surface area contributed by atoms with E-state index in [1.807, 2.05) is 13.8 Å². The molecule has 0 saturated heterocycles. The summed E-state index contributed by atoms with van der Waals surface area (Å²) in [5.41, 5.74) is 5.66. The fourth-order valence-electron chi connectivity index (χ4n) is 2.37. The Morgan fingerprint density at radius 2 is 1.74 bits per heavy atom. The Kier molecular flexibility index (Phi) is 7.62. The average molecular weight is 366 g/mol. The molecular weight excluding hydrogens is 342 g/mol. The number of hydrogen-bond acceptors (Lipinski definition) is 5. The molecule has 0 radical (unpaired) electrons. The molecule has 1 aromatic carbocycles. The Hall–Kier alpha value is -1.22. The molecule has 0 fully saturated rings. The molecule has 0 atom stereocenters. The molecule has 0 spiro atoms. The van der Waals surface area contributed by atoms with Gasteiger partial charge < -0.3 is 5.73 Å². The number of sulfonamides is 1. The zero-order valence-electron chi connectivity index (χ0n) is 13.8. The van der Waals surface area contributed by atoms with E-state index in [2.05, 4.69) is 4.72 Å². The third kappa shape index (κ3) is 4.63. The van der Waals surface area contributed by atoms with Crippen molar-refractivity contribution >= 4 is 28.1 Å². The van der Waals surface area contributed by atoms with Crippen LogP contribution in [0.1, 0.15) is 37.8 Å². The lowest BCUT2D eigenvalue weighted by molar-refractivity contribution is -0.385. The number of nitrogens with two attached hydrogens (primary N) is 1. The average Bonchev–Trinajstić information content (AvgIpc) is 2.44. The van der Waals surface area contributed by atoms with Crippen molar-refractivity contribution in [3.8, 4) is 0 Å². The highest BCUT2D eigenvalue weighted by atomic mass is 35.5. The van der Waals surface area contributed by atoms with Gasteiger partial charge in [-0.2, -0.15) is 0 Å². The van der Waals surface area contributed by atoms with Gasteiger partial charge in [-0.1, -0.05) is 13.8 Å². The summed E-state index contributed by atoms with van der Waals surface area (Å²) < 4.78 is 27.9. The van der Waals surface area contributed by atoms with Gasteiger partial charge in [-0.15, -0.1) is 12.4 Å². The van der Waals surface area contributed by atoms with E-state index in [0.717, 1.165) is 6.07 Å². The SMILES string of the molecule is CCC(CC)(CN)NS(=O)(=O)c1cc([N+](=O)[O-])c(C)cc1C.Cl. The smallest absolute Gasteiger partial charge is 0.273 e. The van der Waals surface area contributed by atoms with Gasteiger partial charge in [0.25, 0.3) is 5.69 Å². The Labute approximate surface area is 143 Å². The summed E-state index contributed by atoms with van der Waals surface area (Å²) in [7, 11) is -3.89. The number of aryl methyl sites for hydroxylation is 2. The zero-order chi connectivity index (χ0) is 17.1. The largest absolute Gasteiger partial charge is 0.329 e. The summed E-state index contributed by atoms with van der Waals surface area (Å²) >= 11 is 0. The number of nitro benzene ring substituents is 1. The molecule has 0 amide bonds. The topological polar surface area (TPSA) is 115 Å². The molecule has 0 saturated carbocycles. The van der Waals surface area contributed by atoms with Crippen LogP contribution in [0.15, 0.2) is 17.0 Å². The van der Waals surface area contributed by atoms with Crippen LogP contribution in [-0.2, 0) is 10.0 Å². The van der Waals surface area contributed by atoms with Crippen LogP contribution in [0.3, 0.4) is 0 Å². The van der Waals surface area contributed by atoms with Gasteiger partial charge in [-0.25, -0.2) is 13.1 Å². The van der Waals surface area contributed by atoms with Gasteiger partial charge in [0.2, 0.25) is 10.0 Å². The molecule has 0 aromatic heterocycles. The molecule has 0 bridgehead atoms. The fourth-order valence-corrected chi connectivity index (χ4v) is 4.17. The van der Waals surface area contributed by atoms with Crippen molar-refractivity contribution in [2.24, 2.45) is 5.73 Å². The van der Waals surface area contributed by atoms with Crippen LogP contribution >= 0.6 is 12.4 Å². The molecule has 7 nitrogen and oxygen atoms in total. The highest BCUT2D eigenvalue weighted by Gasteiger charge is 2.32. The maximum atomic E-state index is 12.6. The van der Waals surface area contributed by atoms with E-state index >= 15 is 0 Å². The van der Waals surface area contributed by atoms with Crippen LogP contribution in [0.4, 0.5) is 5.69 Å². The molecule has 0 unspecified atom stereocenters. The third-order valence-electron chi connectivity index (χ3n) is 4.07. The lowest BCUT2D eigenvalue weighted by Crippen LogP contribution is -2.52. The minimum Gasteiger partial charge on any atom is -0.329 e. The van der Waals surface area contributed by atoms with E-state index in [4.69, 9.17) is 5.73 Å². The second-order valence-corrected chi connectivity index (χ2v) is 7.11. The first-order valence-electron chi connectivity index (χ1n) is 7.12. The van der Waals surface area contributed by atoms with E-state index in [0.29, 0.717) is 24.0 Å². The highest BCUT2D eigenvalue weighted by molar-refractivity contribution is 7.89. The second kappa shape index (κ2) is 8.05. The number of benzene rings is 1. The summed E-state index contributed by atoms with van der Waals surface area (Å²) in [5.74, 6) is 0. The molecule has 3 N–H and O–H groups in total. The molecule has 9 heteroatoms. The predicted molar refractivity (Wildman–Crippen MR) is 92.5 cm³/mol. The summed E-state index contributed by atoms with van der Waals surface area (Å²) in [6.07, 6.45) is 1.07. The van der Waals surface area contributed by atoms with Crippen LogP contribution in [0.5, 0.6) is 0 Å². The number of halogens is 1. The fraction of sp³-hybridized carbons (Fsp3) is 0.571. The number of rotatable bonds is 7. The van der Waals surface area contributed by atoms with Gasteiger partial charge >= 0.3 is 0 Å². The lowest BCUT2D eigenvalue weighted by atomic mass is 9.95. The first kappa shape index (κ1) is 21.8. The van der Waals surface area contributed by atoms with Crippen molar-refractivity contribution < 1.29 is 13.3 Å². The summed E-state index contributed by atoms with van der Waals surface area (Å²) in [6, 6.07) is 2.62. The van der Waals surface area contributed by atoms with Crippen molar-refractivity contribution in [3.05, 3.63) is 33.4 Å². The molecule has 1 aromatic rings. The number of hydrogen-bond donors (Lipinski definition) is 2. The van der Waals surface area contributed by atoms with E-state index in [9.17, 15) is 18.5 Å². The lowest BCUT2D eigenvalue weighted by Gasteiger charge is -2.31. The maximum absolute atomic E-state index is 12.6. The Morgan fingerprint density at radius 1 is 1.22 bits per heavy atom. The molecule has 132 valence electrons. The monoisotopic (exact) mass is 365 g/mol. The van der Waals surface area contributed by atoms with Gasteiger partial charge in [0.05, 0.1) is 9.82 Å². The van der Waals surface area contributed by atoms with Gasteiger partial charge in [0.15, 0.2) is 0 Å². The molecule has 0 heterocycles. The number of nitro groups is 1. The summed E-state index contributed by atoms with van der Waals surface area (Å²) in [5, 5.41) is 11.0. The van der Waals surface area contributed by atoms with E-state index in [1.54, 1.807) is 13.8 Å². The maximum Gasteiger partial charge on any atom is 0.273 e. The van der Waals surface area contributed by atoms with Crippen LogP contribution in [0, 0.1) is 24.0 Å². The van der Waals surface area contributed by atoms with Crippen LogP contribution in [0.2, 0.25) is 0 Å². The Morgan fingerprint density at radius 3 is 2.13 bits per heavy atom. The number of nitrogens with one attached hydrogen (secondary N) is 1. The molecular formula is C14H24ClN3O4S. The van der Waals surface area contributed by atoms with Crippen LogP contribution < -0.4 is 10.5 Å². The summed E-state index contributed by atoms with van der Waals surface area (Å²) in [4.78, 5) is 10.4. The van der Waals surface area contributed by atoms with Gasteiger partial charge in [0, 0.05) is 23.7 Å². The standard InChI is InChI=1S/C14H23N3O4S.ClH/c1-5-14(6-2,9-15)16-22(20,21)13-8-12(17(18)19)10(3)7-11(13)4;/h7-8,16H,5-6,9,15H2,1-4H3;1H. The normalized spacial score (nSPS) is 11.9. The molecule has 0 aliphatic heterocycles. The van der Waals surface area contributed by atoms with E-state index in [1.165, 1.54) is 6.07 Å². The van der Waals surface area contributed by atoms with Crippen molar-refractivity contribution in [2.75, 3.05) is 6.54 Å². The number of nitrogens with zero attached hydrogens (tertiary/aromatic N) is 1. The van der Waals surface area contributed by atoms with Crippen molar-refractivity contribution in [3.63, 3.8) is 0 Å². The van der Waals surface area contributed by atoms with Crippen molar-refractivity contribution in [2.45, 2.75) is 51.0 Å². The van der Waals surface area contributed by atoms with Gasteiger partial charge in [0.1, 0.15) is 0 Å². The first-order chi connectivity index (χ1) is 10.1. The van der Waals surface area contributed by atoms with Crippen molar-refractivity contribution in [1.29, 1.82) is 0 Å². The molecule has 1 rings (SSSR count). The molecule has 23 heavy (non-hydrogen) atoms. The first-order valence-corrected chi connectivity index (χ1v) is 8.60. The zero-order valence-corrected chi connectivity index (χ0v) is 15.4. The van der Waals surface area contributed by atoms with Crippen LogP contribution in [-0.4, -0.2) is 25.4 Å².